The fraction of sp³-hybridized carbons (Fsp3) is 0.455. The van der Waals surface area contributed by atoms with Crippen molar-refractivity contribution in [3.8, 4) is 5.75 Å². The zero-order valence-corrected chi connectivity index (χ0v) is 8.24. The molecule has 1 aliphatic rings. The second kappa shape index (κ2) is 3.88. The molecule has 0 spiro atoms. The van der Waals surface area contributed by atoms with Crippen LogP contribution in [0.4, 0.5) is 5.69 Å². The number of likely N-dealkylation sites (tertiary alicyclic amines) is 1. The van der Waals surface area contributed by atoms with Crippen LogP contribution in [0.1, 0.15) is 18.4 Å². The van der Waals surface area contributed by atoms with Crippen LogP contribution in [0.2, 0.25) is 0 Å². The van der Waals surface area contributed by atoms with Gasteiger partial charge >= 0.3 is 0 Å². The monoisotopic (exact) mass is 192 g/mol. The first-order valence-electron chi connectivity index (χ1n) is 5.05. The first kappa shape index (κ1) is 9.34. The lowest BCUT2D eigenvalue weighted by atomic mass is 10.1. The second-order valence-electron chi connectivity index (χ2n) is 3.87. The van der Waals surface area contributed by atoms with E-state index in [9.17, 15) is 5.11 Å². The topological polar surface area (TPSA) is 49.5 Å². The van der Waals surface area contributed by atoms with Crippen molar-refractivity contribution in [3.05, 3.63) is 23.8 Å². The van der Waals surface area contributed by atoms with Gasteiger partial charge in [0.1, 0.15) is 5.75 Å². The molecule has 0 saturated carbocycles. The van der Waals surface area contributed by atoms with Crippen molar-refractivity contribution in [1.29, 1.82) is 0 Å². The number of benzene rings is 1. The molecule has 1 aromatic rings. The van der Waals surface area contributed by atoms with E-state index in [0.29, 0.717) is 5.75 Å². The molecule has 1 aromatic carbocycles. The van der Waals surface area contributed by atoms with Crippen molar-refractivity contribution in [1.82, 2.24) is 4.90 Å². The van der Waals surface area contributed by atoms with Crippen molar-refractivity contribution in [2.75, 3.05) is 18.8 Å². The molecule has 0 aliphatic carbocycles. The fourth-order valence-electron chi connectivity index (χ4n) is 1.91. The Morgan fingerprint density at radius 1 is 1.29 bits per heavy atom. The van der Waals surface area contributed by atoms with Gasteiger partial charge in [0.2, 0.25) is 0 Å². The summed E-state index contributed by atoms with van der Waals surface area (Å²) in [5.74, 6) is 0.353. The van der Waals surface area contributed by atoms with Crippen LogP contribution in [0.25, 0.3) is 0 Å². The summed E-state index contributed by atoms with van der Waals surface area (Å²) in [6.45, 7) is 3.08. The summed E-state index contributed by atoms with van der Waals surface area (Å²) in [4.78, 5) is 2.34. The first-order valence-corrected chi connectivity index (χ1v) is 5.05. The maximum atomic E-state index is 9.61. The highest BCUT2D eigenvalue weighted by Gasteiger charge is 2.13. The number of phenols is 1. The third-order valence-electron chi connectivity index (χ3n) is 2.70. The van der Waals surface area contributed by atoms with Crippen LogP contribution in [0, 0.1) is 0 Å². The van der Waals surface area contributed by atoms with Gasteiger partial charge in [0.05, 0.1) is 0 Å². The Bertz CT molecular complexity index is 319. The fourth-order valence-corrected chi connectivity index (χ4v) is 1.91. The number of hydrogen-bond donors (Lipinski definition) is 2. The second-order valence-corrected chi connectivity index (χ2v) is 3.87. The van der Waals surface area contributed by atoms with Gasteiger partial charge in [0, 0.05) is 17.8 Å². The lowest BCUT2D eigenvalue weighted by Crippen LogP contribution is -2.18. The average molecular weight is 192 g/mol. The molecule has 1 fully saturated rings. The number of nitrogen functional groups attached to an aromatic ring is 1. The molecular formula is C11H16N2O. The molecule has 0 atom stereocenters. The Morgan fingerprint density at radius 3 is 2.71 bits per heavy atom. The molecule has 1 heterocycles. The summed E-state index contributed by atoms with van der Waals surface area (Å²) >= 11 is 0. The highest BCUT2D eigenvalue weighted by molar-refractivity contribution is 5.47. The molecule has 3 nitrogen and oxygen atoms in total. The summed E-state index contributed by atoms with van der Waals surface area (Å²) in [5, 5.41) is 9.61. The SMILES string of the molecule is Nc1ccc(O)c(CN2CCCC2)c1. The minimum atomic E-state index is 0.353. The van der Waals surface area contributed by atoms with Crippen molar-refractivity contribution in [2.24, 2.45) is 0 Å². The molecule has 0 amide bonds. The summed E-state index contributed by atoms with van der Waals surface area (Å²) in [6, 6.07) is 5.25. The quantitative estimate of drug-likeness (QED) is 0.552. The van der Waals surface area contributed by atoms with Crippen LogP contribution in [0.5, 0.6) is 5.75 Å². The van der Waals surface area contributed by atoms with Crippen LogP contribution in [0.3, 0.4) is 0 Å². The van der Waals surface area contributed by atoms with Crippen LogP contribution < -0.4 is 5.73 Å². The molecule has 1 saturated heterocycles. The summed E-state index contributed by atoms with van der Waals surface area (Å²) < 4.78 is 0. The van der Waals surface area contributed by atoms with Crippen molar-refractivity contribution in [3.63, 3.8) is 0 Å². The third-order valence-corrected chi connectivity index (χ3v) is 2.70. The predicted molar refractivity (Wildman–Crippen MR) is 57.0 cm³/mol. The summed E-state index contributed by atoms with van der Waals surface area (Å²) in [7, 11) is 0. The van der Waals surface area contributed by atoms with E-state index in [-0.39, 0.29) is 0 Å². The van der Waals surface area contributed by atoms with E-state index in [1.807, 2.05) is 6.07 Å². The van der Waals surface area contributed by atoms with E-state index in [2.05, 4.69) is 4.90 Å². The zero-order chi connectivity index (χ0) is 9.97. The van der Waals surface area contributed by atoms with Crippen LogP contribution >= 0.6 is 0 Å². The summed E-state index contributed by atoms with van der Waals surface area (Å²) in [6.07, 6.45) is 2.53. The van der Waals surface area contributed by atoms with E-state index in [1.54, 1.807) is 12.1 Å². The van der Waals surface area contributed by atoms with Crippen LogP contribution in [-0.4, -0.2) is 23.1 Å². The van der Waals surface area contributed by atoms with Crippen molar-refractivity contribution < 1.29 is 5.11 Å². The van der Waals surface area contributed by atoms with Gasteiger partial charge < -0.3 is 10.8 Å². The number of rotatable bonds is 2. The average Bonchev–Trinajstić information content (AvgIpc) is 2.64. The Kier molecular flexibility index (Phi) is 2.59. The van der Waals surface area contributed by atoms with Gasteiger partial charge in [-0.15, -0.1) is 0 Å². The molecule has 0 radical (unpaired) electrons. The van der Waals surface area contributed by atoms with Gasteiger partial charge in [-0.05, 0) is 44.1 Å². The van der Waals surface area contributed by atoms with Crippen LogP contribution in [-0.2, 0) is 6.54 Å². The van der Waals surface area contributed by atoms with Gasteiger partial charge in [-0.3, -0.25) is 4.90 Å². The zero-order valence-electron chi connectivity index (χ0n) is 8.24. The standard InChI is InChI=1S/C11H16N2O/c12-10-3-4-11(14)9(7-10)8-13-5-1-2-6-13/h3-4,7,14H,1-2,5-6,8,12H2. The number of nitrogens with zero attached hydrogens (tertiary/aromatic N) is 1. The minimum Gasteiger partial charge on any atom is -0.508 e. The van der Waals surface area contributed by atoms with Gasteiger partial charge in [0.15, 0.2) is 0 Å². The smallest absolute Gasteiger partial charge is 0.120 e. The van der Waals surface area contributed by atoms with Crippen molar-refractivity contribution in [2.45, 2.75) is 19.4 Å². The number of hydrogen-bond acceptors (Lipinski definition) is 3. The van der Waals surface area contributed by atoms with Gasteiger partial charge in [0.25, 0.3) is 0 Å². The Hall–Kier alpha value is -1.22. The van der Waals surface area contributed by atoms with E-state index in [1.165, 1.54) is 12.8 Å². The van der Waals surface area contributed by atoms with Gasteiger partial charge in [-0.1, -0.05) is 0 Å². The maximum Gasteiger partial charge on any atom is 0.120 e. The highest BCUT2D eigenvalue weighted by atomic mass is 16.3. The van der Waals surface area contributed by atoms with E-state index in [4.69, 9.17) is 5.73 Å². The molecule has 14 heavy (non-hydrogen) atoms. The molecular weight excluding hydrogens is 176 g/mol. The lowest BCUT2D eigenvalue weighted by molar-refractivity contribution is 0.324. The third kappa shape index (κ3) is 1.99. The van der Waals surface area contributed by atoms with Crippen LogP contribution in [0.15, 0.2) is 18.2 Å². The number of aromatic hydroxyl groups is 1. The molecule has 0 aromatic heterocycles. The number of anilines is 1. The lowest BCUT2D eigenvalue weighted by Gasteiger charge is -2.15. The first-order chi connectivity index (χ1) is 6.75. The highest BCUT2D eigenvalue weighted by Crippen LogP contribution is 2.22. The van der Waals surface area contributed by atoms with E-state index >= 15 is 0 Å². The van der Waals surface area contributed by atoms with E-state index < -0.39 is 0 Å². The maximum absolute atomic E-state index is 9.61. The number of nitrogens with two attached hydrogens (primary N) is 1. The number of phenolic OH excluding ortho intramolecular Hbond substituents is 1. The summed E-state index contributed by atoms with van der Waals surface area (Å²) in [5.41, 5.74) is 7.33. The molecule has 0 bridgehead atoms. The predicted octanol–water partition coefficient (Wildman–Crippen LogP) is 1.57. The van der Waals surface area contributed by atoms with E-state index in [0.717, 1.165) is 30.9 Å². The minimum absolute atomic E-state index is 0.353. The van der Waals surface area contributed by atoms with Gasteiger partial charge in [-0.25, -0.2) is 0 Å². The molecule has 3 N–H and O–H groups in total. The Balaban J connectivity index is 2.10. The normalized spacial score (nSPS) is 17.4. The van der Waals surface area contributed by atoms with Crippen molar-refractivity contribution >= 4 is 5.69 Å². The molecule has 3 heteroatoms. The molecule has 1 aliphatic heterocycles. The molecule has 0 unspecified atom stereocenters. The molecule has 76 valence electrons. The Morgan fingerprint density at radius 2 is 2.00 bits per heavy atom. The van der Waals surface area contributed by atoms with Gasteiger partial charge in [-0.2, -0.15) is 0 Å². The largest absolute Gasteiger partial charge is 0.508 e. The Labute approximate surface area is 84.1 Å². The molecule has 2 rings (SSSR count).